The van der Waals surface area contributed by atoms with Crippen molar-refractivity contribution in [3.8, 4) is 0 Å². The first-order chi connectivity index (χ1) is 10.4. The molecule has 1 saturated heterocycles. The van der Waals surface area contributed by atoms with Crippen molar-refractivity contribution in [2.45, 2.75) is 46.1 Å². The van der Waals surface area contributed by atoms with Crippen LogP contribution in [0.5, 0.6) is 0 Å². The summed E-state index contributed by atoms with van der Waals surface area (Å²) in [6, 6.07) is 0.332. The van der Waals surface area contributed by atoms with E-state index in [1.165, 1.54) is 0 Å². The minimum absolute atomic E-state index is 0.107. The van der Waals surface area contributed by atoms with Crippen LogP contribution < -0.4 is 10.6 Å². The predicted octanol–water partition coefficient (Wildman–Crippen LogP) is 2.63. The van der Waals surface area contributed by atoms with Gasteiger partial charge in [-0.25, -0.2) is 4.79 Å². The molecule has 1 fully saturated rings. The topological polar surface area (TPSA) is 88.4 Å². The van der Waals surface area contributed by atoms with E-state index in [9.17, 15) is 14.4 Å². The van der Waals surface area contributed by atoms with E-state index in [0.29, 0.717) is 23.5 Å². The van der Waals surface area contributed by atoms with E-state index in [4.69, 9.17) is 4.42 Å². The van der Waals surface area contributed by atoms with Crippen molar-refractivity contribution in [1.82, 2.24) is 10.6 Å². The quantitative estimate of drug-likeness (QED) is 0.624. The zero-order valence-corrected chi connectivity index (χ0v) is 13.0. The number of ketones is 1. The van der Waals surface area contributed by atoms with Gasteiger partial charge in [0.15, 0.2) is 11.8 Å². The lowest BCUT2D eigenvalue weighted by molar-refractivity contribution is -0.120. The van der Waals surface area contributed by atoms with Gasteiger partial charge in [0.25, 0.3) is 5.91 Å². The number of carbonyl (C=O) groups excluding carboxylic acids is 3. The molecule has 2 heterocycles. The molecular formula is C16H20N2O4. The molecule has 1 unspecified atom stereocenters. The molecule has 0 radical (unpaired) electrons. The Morgan fingerprint density at radius 3 is 2.73 bits per heavy atom. The summed E-state index contributed by atoms with van der Waals surface area (Å²) in [5, 5.41) is 4.64. The first kappa shape index (κ1) is 16.0. The van der Waals surface area contributed by atoms with Crippen LogP contribution in [0.25, 0.3) is 6.08 Å². The number of rotatable bonds is 6. The van der Waals surface area contributed by atoms with Gasteiger partial charge in [0.2, 0.25) is 0 Å². The van der Waals surface area contributed by atoms with Crippen molar-refractivity contribution in [2.24, 2.45) is 0 Å². The third-order valence-electron chi connectivity index (χ3n) is 3.60. The number of hydrogen-bond donors (Lipinski definition) is 2. The van der Waals surface area contributed by atoms with E-state index in [1.54, 1.807) is 26.0 Å². The van der Waals surface area contributed by atoms with Crippen molar-refractivity contribution in [3.05, 3.63) is 28.7 Å². The number of unbranched alkanes of at least 4 members (excludes halogenated alkanes) is 1. The minimum atomic E-state index is -0.815. The van der Waals surface area contributed by atoms with Crippen molar-refractivity contribution in [1.29, 1.82) is 0 Å². The first-order valence-electron chi connectivity index (χ1n) is 7.35. The maximum Gasteiger partial charge on any atom is 0.322 e. The first-order valence-corrected chi connectivity index (χ1v) is 7.35. The van der Waals surface area contributed by atoms with Crippen LogP contribution in [0, 0.1) is 6.92 Å². The Balaban J connectivity index is 2.18. The molecule has 22 heavy (non-hydrogen) atoms. The monoisotopic (exact) mass is 304 g/mol. The molecule has 0 saturated carbocycles. The van der Waals surface area contributed by atoms with E-state index in [1.807, 2.05) is 6.92 Å². The summed E-state index contributed by atoms with van der Waals surface area (Å²) in [4.78, 5) is 34.7. The van der Waals surface area contributed by atoms with Crippen LogP contribution >= 0.6 is 0 Å². The number of Topliss-reactive ketones (excluding diaryl/α,β-unsaturated/α-hetero) is 1. The minimum Gasteiger partial charge on any atom is -0.463 e. The molecule has 0 aromatic carbocycles. The summed E-state index contributed by atoms with van der Waals surface area (Å²) in [5.74, 6) is 0.633. The molecule has 118 valence electrons. The molecule has 0 spiro atoms. The Hall–Kier alpha value is -2.37. The highest BCUT2D eigenvalue weighted by Gasteiger charge is 2.33. The molecule has 1 aromatic rings. The lowest BCUT2D eigenvalue weighted by atomic mass is 10.0. The van der Waals surface area contributed by atoms with Crippen molar-refractivity contribution < 1.29 is 18.8 Å². The molecule has 3 amide bonds. The SMILES string of the molecule is CCCCC(=O)/C(C)=C/c1cc(C2NC(=O)NC2=O)oc1C. The number of amides is 3. The highest BCUT2D eigenvalue weighted by Crippen LogP contribution is 2.25. The van der Waals surface area contributed by atoms with Gasteiger partial charge in [-0.05, 0) is 38.0 Å². The zero-order chi connectivity index (χ0) is 16.3. The van der Waals surface area contributed by atoms with Gasteiger partial charge >= 0.3 is 6.03 Å². The Bertz CT molecular complexity index is 643. The molecule has 1 aromatic heterocycles. The number of urea groups is 1. The summed E-state index contributed by atoms with van der Waals surface area (Å²) < 4.78 is 5.55. The van der Waals surface area contributed by atoms with E-state index in [-0.39, 0.29) is 5.78 Å². The third kappa shape index (κ3) is 3.44. The van der Waals surface area contributed by atoms with Gasteiger partial charge < -0.3 is 9.73 Å². The maximum atomic E-state index is 12.0. The number of aryl methyl sites for hydroxylation is 1. The number of nitrogens with one attached hydrogen (secondary N) is 2. The number of carbonyl (C=O) groups is 3. The summed E-state index contributed by atoms with van der Waals surface area (Å²) in [5.41, 5.74) is 1.40. The lowest BCUT2D eigenvalue weighted by Gasteiger charge is -2.01. The molecule has 2 rings (SSSR count). The molecule has 0 bridgehead atoms. The highest BCUT2D eigenvalue weighted by molar-refractivity contribution is 6.04. The molecule has 2 N–H and O–H groups in total. The smallest absolute Gasteiger partial charge is 0.322 e. The number of hydrogen-bond acceptors (Lipinski definition) is 4. The van der Waals surface area contributed by atoms with Gasteiger partial charge in [-0.2, -0.15) is 0 Å². The van der Waals surface area contributed by atoms with Gasteiger partial charge in [0.1, 0.15) is 11.5 Å². The Labute approximate surface area is 128 Å². The summed E-state index contributed by atoms with van der Waals surface area (Å²) in [6.45, 7) is 5.57. The Morgan fingerprint density at radius 1 is 1.41 bits per heavy atom. The van der Waals surface area contributed by atoms with Gasteiger partial charge in [0, 0.05) is 12.0 Å². The molecule has 6 heteroatoms. The maximum absolute atomic E-state index is 12.0. The summed E-state index contributed by atoms with van der Waals surface area (Å²) in [6.07, 6.45) is 4.14. The third-order valence-corrected chi connectivity index (χ3v) is 3.60. The number of furan rings is 1. The van der Waals surface area contributed by atoms with Crippen LogP contribution in [0.4, 0.5) is 4.79 Å². The molecule has 1 aliphatic heterocycles. The van der Waals surface area contributed by atoms with Crippen LogP contribution in [-0.2, 0) is 9.59 Å². The lowest BCUT2D eigenvalue weighted by Crippen LogP contribution is -2.22. The average molecular weight is 304 g/mol. The second-order valence-electron chi connectivity index (χ2n) is 5.41. The Kier molecular flexibility index (Phi) is 4.80. The van der Waals surface area contributed by atoms with Gasteiger partial charge in [-0.15, -0.1) is 0 Å². The van der Waals surface area contributed by atoms with Gasteiger partial charge in [-0.3, -0.25) is 14.9 Å². The largest absolute Gasteiger partial charge is 0.463 e. The second-order valence-corrected chi connectivity index (χ2v) is 5.41. The molecule has 1 aliphatic rings. The van der Waals surface area contributed by atoms with E-state index in [2.05, 4.69) is 10.6 Å². The van der Waals surface area contributed by atoms with Crippen molar-refractivity contribution in [3.63, 3.8) is 0 Å². The van der Waals surface area contributed by atoms with E-state index < -0.39 is 18.0 Å². The molecule has 0 aliphatic carbocycles. The molecule has 6 nitrogen and oxygen atoms in total. The normalized spacial score (nSPS) is 18.3. The van der Waals surface area contributed by atoms with Crippen LogP contribution in [-0.4, -0.2) is 17.7 Å². The number of imide groups is 1. The molecule has 1 atom stereocenters. The zero-order valence-electron chi connectivity index (χ0n) is 13.0. The van der Waals surface area contributed by atoms with E-state index >= 15 is 0 Å². The van der Waals surface area contributed by atoms with Crippen LogP contribution in [0.3, 0.4) is 0 Å². The summed E-state index contributed by atoms with van der Waals surface area (Å²) >= 11 is 0. The van der Waals surface area contributed by atoms with Gasteiger partial charge in [-0.1, -0.05) is 13.3 Å². The second kappa shape index (κ2) is 6.60. The van der Waals surface area contributed by atoms with Crippen LogP contribution in [0.1, 0.15) is 56.2 Å². The van der Waals surface area contributed by atoms with Crippen molar-refractivity contribution in [2.75, 3.05) is 0 Å². The predicted molar refractivity (Wildman–Crippen MR) is 81.0 cm³/mol. The fraction of sp³-hybridized carbons (Fsp3) is 0.438. The number of allylic oxidation sites excluding steroid dienone is 1. The fourth-order valence-corrected chi connectivity index (χ4v) is 2.27. The fourth-order valence-electron chi connectivity index (χ4n) is 2.27. The van der Waals surface area contributed by atoms with Crippen LogP contribution in [0.15, 0.2) is 16.1 Å². The average Bonchev–Trinajstić information content (AvgIpc) is 2.98. The Morgan fingerprint density at radius 2 is 2.14 bits per heavy atom. The van der Waals surface area contributed by atoms with Gasteiger partial charge in [0.05, 0.1) is 0 Å². The van der Waals surface area contributed by atoms with Crippen LogP contribution in [0.2, 0.25) is 0 Å². The molecular weight excluding hydrogens is 284 g/mol. The van der Waals surface area contributed by atoms with E-state index in [0.717, 1.165) is 18.4 Å². The highest BCUT2D eigenvalue weighted by atomic mass is 16.3. The standard InChI is InChI=1S/C16H20N2O4/c1-4-5-6-12(19)9(2)7-11-8-13(22-10(11)3)14-15(20)18-16(21)17-14/h7-8,14H,4-6H2,1-3H3,(H2,17,18,20,21)/b9-7+. The van der Waals surface area contributed by atoms with Crippen molar-refractivity contribution >= 4 is 23.8 Å². The summed E-state index contributed by atoms with van der Waals surface area (Å²) in [7, 11) is 0.